The number of nitrogens with one attached hydrogen (secondary N) is 1. The fourth-order valence-corrected chi connectivity index (χ4v) is 1.15. The lowest BCUT2D eigenvalue weighted by Crippen LogP contribution is -2.17. The van der Waals surface area contributed by atoms with Gasteiger partial charge in [0.05, 0.1) is 12.3 Å². The first-order chi connectivity index (χ1) is 8.97. The van der Waals surface area contributed by atoms with Crippen molar-refractivity contribution < 1.29 is 19.4 Å². The van der Waals surface area contributed by atoms with Gasteiger partial charge in [-0.2, -0.15) is 0 Å². The lowest BCUT2D eigenvalue weighted by molar-refractivity contribution is -0.131. The molecule has 19 heavy (non-hydrogen) atoms. The van der Waals surface area contributed by atoms with Gasteiger partial charge in [-0.3, -0.25) is 5.32 Å². The van der Waals surface area contributed by atoms with Gasteiger partial charge in [-0.05, 0) is 24.1 Å². The third kappa shape index (κ3) is 6.21. The molecule has 0 radical (unpaired) electrons. The molecule has 0 unspecified atom stereocenters. The summed E-state index contributed by atoms with van der Waals surface area (Å²) in [6, 6.07) is 4.88. The third-order valence-electron chi connectivity index (χ3n) is 1.95. The number of pyridine rings is 1. The van der Waals surface area contributed by atoms with Gasteiger partial charge in [0.15, 0.2) is 0 Å². The number of ether oxygens (including phenoxy) is 1. The Bertz CT molecular complexity index is 483. The highest BCUT2D eigenvalue weighted by molar-refractivity contribution is 5.85. The number of nitrogens with zero attached hydrogens (tertiary/aromatic N) is 1. The van der Waals surface area contributed by atoms with Crippen LogP contribution < -0.4 is 5.32 Å². The van der Waals surface area contributed by atoms with Crippen molar-refractivity contribution in [2.45, 2.75) is 13.8 Å². The van der Waals surface area contributed by atoms with Gasteiger partial charge in [0.2, 0.25) is 0 Å². The number of rotatable bonds is 5. The van der Waals surface area contributed by atoms with Gasteiger partial charge in [-0.25, -0.2) is 14.6 Å². The van der Waals surface area contributed by atoms with Crippen LogP contribution in [0.2, 0.25) is 0 Å². The van der Waals surface area contributed by atoms with Gasteiger partial charge >= 0.3 is 12.1 Å². The smallest absolute Gasteiger partial charge is 0.412 e. The molecule has 0 aliphatic rings. The summed E-state index contributed by atoms with van der Waals surface area (Å²) in [4.78, 5) is 25.8. The molecule has 0 saturated heterocycles. The van der Waals surface area contributed by atoms with Gasteiger partial charge in [0.25, 0.3) is 0 Å². The van der Waals surface area contributed by atoms with E-state index in [9.17, 15) is 9.59 Å². The normalized spacial score (nSPS) is 10.7. The molecule has 1 aromatic heterocycles. The second-order valence-corrected chi connectivity index (χ2v) is 4.24. The van der Waals surface area contributed by atoms with Crippen LogP contribution >= 0.6 is 0 Å². The molecule has 0 atom stereocenters. The van der Waals surface area contributed by atoms with Crippen molar-refractivity contribution in [3.8, 4) is 0 Å². The minimum absolute atomic E-state index is 0.253. The van der Waals surface area contributed by atoms with Gasteiger partial charge in [0, 0.05) is 6.08 Å². The zero-order chi connectivity index (χ0) is 14.3. The van der Waals surface area contributed by atoms with Crippen molar-refractivity contribution in [2.24, 2.45) is 5.92 Å². The SMILES string of the molecule is CC(C)COC(=O)Nc1cccc(/C=C/C(=O)O)n1. The molecule has 6 nitrogen and oxygen atoms in total. The Morgan fingerprint density at radius 1 is 1.47 bits per heavy atom. The van der Waals surface area contributed by atoms with Crippen LogP contribution in [0.15, 0.2) is 24.3 Å². The van der Waals surface area contributed by atoms with E-state index >= 15 is 0 Å². The molecule has 2 N–H and O–H groups in total. The summed E-state index contributed by atoms with van der Waals surface area (Å²) in [6.07, 6.45) is 1.73. The first-order valence-corrected chi connectivity index (χ1v) is 5.79. The average Bonchev–Trinajstić information content (AvgIpc) is 2.34. The van der Waals surface area contributed by atoms with Gasteiger partial charge in [-0.1, -0.05) is 19.9 Å². The predicted octanol–water partition coefficient (Wildman–Crippen LogP) is 2.38. The van der Waals surface area contributed by atoms with Gasteiger partial charge < -0.3 is 9.84 Å². The molecule has 0 aliphatic carbocycles. The van der Waals surface area contributed by atoms with Gasteiger partial charge in [0.1, 0.15) is 5.82 Å². The maximum atomic E-state index is 11.4. The zero-order valence-corrected chi connectivity index (χ0v) is 10.8. The maximum Gasteiger partial charge on any atom is 0.412 e. The third-order valence-corrected chi connectivity index (χ3v) is 1.95. The standard InChI is InChI=1S/C13H16N2O4/c1-9(2)8-19-13(18)15-11-5-3-4-10(14-11)6-7-12(16)17/h3-7,9H,8H2,1-2H3,(H,16,17)(H,14,15,18)/b7-6+. The van der Waals surface area contributed by atoms with Crippen LogP contribution in [0.3, 0.4) is 0 Å². The van der Waals surface area contributed by atoms with Crippen LogP contribution in [0.5, 0.6) is 0 Å². The molecular weight excluding hydrogens is 248 g/mol. The number of hydrogen-bond acceptors (Lipinski definition) is 4. The van der Waals surface area contributed by atoms with E-state index < -0.39 is 12.1 Å². The average molecular weight is 264 g/mol. The molecule has 1 heterocycles. The Balaban J connectivity index is 2.61. The Kier molecular flexibility index (Phi) is 5.53. The van der Waals surface area contributed by atoms with Crippen molar-refractivity contribution in [2.75, 3.05) is 11.9 Å². The summed E-state index contributed by atoms with van der Waals surface area (Å²) in [5.74, 6) is -0.499. The zero-order valence-electron chi connectivity index (χ0n) is 10.8. The number of carboxylic acids is 1. The minimum Gasteiger partial charge on any atom is -0.478 e. The van der Waals surface area contributed by atoms with Crippen LogP contribution in [0.25, 0.3) is 6.08 Å². The van der Waals surface area contributed by atoms with Gasteiger partial charge in [-0.15, -0.1) is 0 Å². The Morgan fingerprint density at radius 2 is 2.21 bits per heavy atom. The Labute approximate surface area is 111 Å². The summed E-state index contributed by atoms with van der Waals surface area (Å²) in [6.45, 7) is 4.19. The molecule has 6 heteroatoms. The molecule has 1 aromatic rings. The summed E-state index contributed by atoms with van der Waals surface area (Å²) in [7, 11) is 0. The largest absolute Gasteiger partial charge is 0.478 e. The van der Waals surface area contributed by atoms with Crippen molar-refractivity contribution in [3.05, 3.63) is 30.0 Å². The monoisotopic (exact) mass is 264 g/mol. The Hall–Kier alpha value is -2.37. The Morgan fingerprint density at radius 3 is 2.84 bits per heavy atom. The van der Waals surface area contributed by atoms with E-state index in [4.69, 9.17) is 9.84 Å². The van der Waals surface area contributed by atoms with Crippen LogP contribution in [0.4, 0.5) is 10.6 Å². The minimum atomic E-state index is -1.06. The fraction of sp³-hybridized carbons (Fsp3) is 0.308. The molecule has 1 rings (SSSR count). The number of hydrogen-bond donors (Lipinski definition) is 2. The van der Waals surface area contributed by atoms with E-state index in [1.54, 1.807) is 18.2 Å². The fourth-order valence-electron chi connectivity index (χ4n) is 1.15. The van der Waals surface area contributed by atoms with Crippen LogP contribution in [0, 0.1) is 5.92 Å². The summed E-state index contributed by atoms with van der Waals surface area (Å²) < 4.78 is 4.94. The highest BCUT2D eigenvalue weighted by Gasteiger charge is 2.05. The number of carbonyl (C=O) groups excluding carboxylic acids is 1. The molecule has 0 bridgehead atoms. The quantitative estimate of drug-likeness (QED) is 0.797. The topological polar surface area (TPSA) is 88.5 Å². The lowest BCUT2D eigenvalue weighted by Gasteiger charge is -2.08. The van der Waals surface area contributed by atoms with E-state index in [0.29, 0.717) is 18.1 Å². The number of aromatic nitrogens is 1. The van der Waals surface area contributed by atoms with Crippen LogP contribution in [0.1, 0.15) is 19.5 Å². The number of anilines is 1. The molecule has 0 aromatic carbocycles. The second kappa shape index (κ2) is 7.15. The van der Waals surface area contributed by atoms with E-state index in [2.05, 4.69) is 10.3 Å². The molecular formula is C13H16N2O4. The molecule has 0 aliphatic heterocycles. The van der Waals surface area contributed by atoms with E-state index in [0.717, 1.165) is 6.08 Å². The van der Waals surface area contributed by atoms with Crippen LogP contribution in [-0.4, -0.2) is 28.8 Å². The van der Waals surface area contributed by atoms with E-state index in [-0.39, 0.29) is 5.92 Å². The summed E-state index contributed by atoms with van der Waals surface area (Å²) >= 11 is 0. The maximum absolute atomic E-state index is 11.4. The van der Waals surface area contributed by atoms with Crippen molar-refractivity contribution >= 4 is 24.0 Å². The highest BCUT2D eigenvalue weighted by Crippen LogP contribution is 2.07. The first kappa shape index (κ1) is 14.7. The number of aliphatic carboxylic acids is 1. The number of carboxylic acid groups (broad SMARTS) is 1. The molecule has 0 spiro atoms. The predicted molar refractivity (Wildman–Crippen MR) is 70.7 cm³/mol. The van der Waals surface area contributed by atoms with E-state index in [1.807, 2.05) is 13.8 Å². The van der Waals surface area contributed by atoms with Crippen LogP contribution in [-0.2, 0) is 9.53 Å². The molecule has 0 fully saturated rings. The van der Waals surface area contributed by atoms with Crippen molar-refractivity contribution in [1.82, 2.24) is 4.98 Å². The number of carbonyl (C=O) groups is 2. The first-order valence-electron chi connectivity index (χ1n) is 5.79. The summed E-state index contributed by atoms with van der Waals surface area (Å²) in [5, 5.41) is 11.0. The van der Waals surface area contributed by atoms with Crippen molar-refractivity contribution in [3.63, 3.8) is 0 Å². The highest BCUT2D eigenvalue weighted by atomic mass is 16.5. The molecule has 102 valence electrons. The second-order valence-electron chi connectivity index (χ2n) is 4.24. The summed E-state index contributed by atoms with van der Waals surface area (Å²) in [5.41, 5.74) is 0.434. The molecule has 1 amide bonds. The van der Waals surface area contributed by atoms with E-state index in [1.165, 1.54) is 6.08 Å². The number of amides is 1. The lowest BCUT2D eigenvalue weighted by atomic mass is 10.2. The molecule has 0 saturated carbocycles. The van der Waals surface area contributed by atoms with Crippen molar-refractivity contribution in [1.29, 1.82) is 0 Å².